The Bertz CT molecular complexity index is 1320. The number of pyridine rings is 2. The van der Waals surface area contributed by atoms with Gasteiger partial charge in [-0.3, -0.25) is 9.36 Å². The fourth-order valence-electron chi connectivity index (χ4n) is 3.86. The fourth-order valence-corrected chi connectivity index (χ4v) is 4.27. The number of hydrogen-bond donors (Lipinski definition) is 2. The highest BCUT2D eigenvalue weighted by Gasteiger charge is 2.26. The van der Waals surface area contributed by atoms with E-state index in [9.17, 15) is 18.0 Å². The van der Waals surface area contributed by atoms with E-state index in [0.717, 1.165) is 16.7 Å². The first kappa shape index (κ1) is 22.1. The van der Waals surface area contributed by atoms with Gasteiger partial charge in [0.05, 0.1) is 21.6 Å². The second-order valence-corrected chi connectivity index (χ2v) is 7.74. The molecule has 0 aliphatic carbocycles. The smallest absolute Gasteiger partial charge is 0.189 e. The number of piperidine rings is 1. The molecule has 0 amide bonds. The molecular formula is C21H18ClF4N5O. The van der Waals surface area contributed by atoms with Crippen molar-refractivity contribution in [2.45, 2.75) is 12.8 Å². The molecular weight excluding hydrogens is 450 g/mol. The maximum absolute atomic E-state index is 15.1. The first-order valence-electron chi connectivity index (χ1n) is 9.69. The average molecular weight is 468 g/mol. The van der Waals surface area contributed by atoms with Gasteiger partial charge in [0.15, 0.2) is 28.7 Å². The molecule has 0 saturated carbocycles. The van der Waals surface area contributed by atoms with Crippen LogP contribution >= 0.6 is 11.6 Å². The zero-order chi connectivity index (χ0) is 23.2. The van der Waals surface area contributed by atoms with Crippen LogP contribution in [0.25, 0.3) is 16.7 Å². The second kappa shape index (κ2) is 8.44. The normalized spacial score (nSPS) is 16.0. The van der Waals surface area contributed by atoms with E-state index in [4.69, 9.17) is 23.1 Å². The summed E-state index contributed by atoms with van der Waals surface area (Å²) in [4.78, 5) is 17.7. The summed E-state index contributed by atoms with van der Waals surface area (Å²) in [6.45, 7) is 0.155. The molecule has 1 aliphatic heterocycles. The van der Waals surface area contributed by atoms with E-state index < -0.39 is 40.3 Å². The molecule has 1 saturated heterocycles. The van der Waals surface area contributed by atoms with Gasteiger partial charge in [0.2, 0.25) is 0 Å². The molecule has 1 fully saturated rings. The molecule has 0 unspecified atom stereocenters. The highest BCUT2D eigenvalue weighted by atomic mass is 35.5. The van der Waals surface area contributed by atoms with Gasteiger partial charge in [-0.25, -0.2) is 22.5 Å². The number of benzene rings is 1. The van der Waals surface area contributed by atoms with Gasteiger partial charge in [0.25, 0.3) is 0 Å². The fraction of sp³-hybridized carbons (Fsp3) is 0.238. The first-order valence-corrected chi connectivity index (χ1v) is 10.1. The van der Waals surface area contributed by atoms with E-state index in [1.807, 2.05) is 0 Å². The van der Waals surface area contributed by atoms with Crippen molar-refractivity contribution >= 4 is 34.0 Å². The van der Waals surface area contributed by atoms with Crippen molar-refractivity contribution in [2.75, 3.05) is 30.3 Å². The summed E-state index contributed by atoms with van der Waals surface area (Å²) >= 11 is 6.56. The van der Waals surface area contributed by atoms with Gasteiger partial charge in [0, 0.05) is 38.0 Å². The van der Waals surface area contributed by atoms with Gasteiger partial charge in [-0.1, -0.05) is 11.6 Å². The third kappa shape index (κ3) is 3.69. The van der Waals surface area contributed by atoms with Crippen molar-refractivity contribution in [1.82, 2.24) is 9.55 Å². The molecule has 2 aromatic heterocycles. The maximum atomic E-state index is 15.1. The lowest BCUT2D eigenvalue weighted by Gasteiger charge is -2.32. The minimum absolute atomic E-state index is 0.0385. The number of aromatic nitrogens is 2. The van der Waals surface area contributed by atoms with Crippen LogP contribution in [0.2, 0.25) is 5.02 Å². The highest BCUT2D eigenvalue weighted by Crippen LogP contribution is 2.38. The molecule has 0 bridgehead atoms. The Morgan fingerprint density at radius 1 is 1.19 bits per heavy atom. The van der Waals surface area contributed by atoms with Crippen LogP contribution < -0.4 is 21.8 Å². The predicted molar refractivity (Wildman–Crippen MR) is 115 cm³/mol. The molecule has 0 radical (unpaired) electrons. The van der Waals surface area contributed by atoms with Crippen LogP contribution in [0.3, 0.4) is 0 Å². The van der Waals surface area contributed by atoms with Gasteiger partial charge in [-0.2, -0.15) is 0 Å². The van der Waals surface area contributed by atoms with Crippen LogP contribution in [-0.4, -0.2) is 29.2 Å². The number of nitrogens with zero attached hydrogens (tertiary/aromatic N) is 3. The molecule has 1 aromatic carbocycles. The third-order valence-corrected chi connectivity index (χ3v) is 5.74. The van der Waals surface area contributed by atoms with E-state index in [1.165, 1.54) is 11.1 Å². The van der Waals surface area contributed by atoms with Gasteiger partial charge in [-0.15, -0.1) is 0 Å². The number of nitrogen functional groups attached to an aromatic ring is 1. The van der Waals surface area contributed by atoms with Crippen LogP contribution in [0.1, 0.15) is 12.8 Å². The molecule has 0 atom stereocenters. The first-order chi connectivity index (χ1) is 15.2. The van der Waals surface area contributed by atoms with Crippen molar-refractivity contribution in [3.05, 3.63) is 68.5 Å². The molecule has 3 heterocycles. The predicted octanol–water partition coefficient (Wildman–Crippen LogP) is 3.82. The largest absolute Gasteiger partial charge is 0.381 e. The van der Waals surface area contributed by atoms with Crippen LogP contribution in [0.15, 0.2) is 40.6 Å². The highest BCUT2D eigenvalue weighted by molar-refractivity contribution is 6.38. The van der Waals surface area contributed by atoms with Gasteiger partial charge in [0.1, 0.15) is 11.6 Å². The number of anilines is 2. The lowest BCUT2D eigenvalue weighted by atomic mass is 10.0. The minimum Gasteiger partial charge on any atom is -0.381 e. The summed E-state index contributed by atoms with van der Waals surface area (Å²) in [7, 11) is 0. The van der Waals surface area contributed by atoms with E-state index >= 15 is 4.39 Å². The number of nitrogens with two attached hydrogens (primary N) is 2. The summed E-state index contributed by atoms with van der Waals surface area (Å²) in [5.74, 6) is -4.35. The zero-order valence-corrected chi connectivity index (χ0v) is 17.4. The maximum Gasteiger partial charge on any atom is 0.189 e. The molecule has 168 valence electrons. The standard InChI is InChI=1S/C21H18ClF4N5O/c22-17-18-11(6-12(23)19(17)30-4-1-2-10(9-30)15(26)8-27)16(32)3-5-31(18)21-14(25)7-13(24)20(28)29-21/h3,5-7H,1-2,4,8-9,27H2,(H2,28,29). The monoisotopic (exact) mass is 467 g/mol. The van der Waals surface area contributed by atoms with Crippen molar-refractivity contribution in [3.63, 3.8) is 0 Å². The average Bonchev–Trinajstić information content (AvgIpc) is 2.77. The second-order valence-electron chi connectivity index (χ2n) is 7.37. The number of hydrogen-bond acceptors (Lipinski definition) is 5. The Morgan fingerprint density at radius 3 is 2.66 bits per heavy atom. The molecule has 0 spiro atoms. The van der Waals surface area contributed by atoms with Gasteiger partial charge < -0.3 is 16.4 Å². The lowest BCUT2D eigenvalue weighted by molar-refractivity contribution is 0.560. The molecule has 1 aliphatic rings. The summed E-state index contributed by atoms with van der Waals surface area (Å²) in [6.07, 6.45) is 2.19. The van der Waals surface area contributed by atoms with E-state index in [1.54, 1.807) is 0 Å². The summed E-state index contributed by atoms with van der Waals surface area (Å²) in [5, 5.41) is -0.333. The van der Waals surface area contributed by atoms with Gasteiger partial charge >= 0.3 is 0 Å². The molecule has 11 heteroatoms. The van der Waals surface area contributed by atoms with Crippen LogP contribution in [0, 0.1) is 17.5 Å². The SMILES string of the molecule is NCC(F)=C1CCCN(c2c(F)cc3c(=O)ccn(-c4nc(N)c(F)cc4F)c3c2Cl)C1. The van der Waals surface area contributed by atoms with Gasteiger partial charge in [-0.05, 0) is 24.5 Å². The Balaban J connectivity index is 1.98. The lowest BCUT2D eigenvalue weighted by Crippen LogP contribution is -2.33. The number of halogens is 5. The summed E-state index contributed by atoms with van der Waals surface area (Å²) < 4.78 is 58.5. The Morgan fingerprint density at radius 2 is 1.94 bits per heavy atom. The van der Waals surface area contributed by atoms with Crippen LogP contribution in [-0.2, 0) is 0 Å². The van der Waals surface area contributed by atoms with Crippen molar-refractivity contribution in [3.8, 4) is 5.82 Å². The summed E-state index contributed by atoms with van der Waals surface area (Å²) in [5.41, 5.74) is 10.6. The Labute approximate surface area is 184 Å². The topological polar surface area (TPSA) is 90.2 Å². The third-order valence-electron chi connectivity index (χ3n) is 5.38. The zero-order valence-electron chi connectivity index (χ0n) is 16.6. The number of rotatable bonds is 3. The molecule has 32 heavy (non-hydrogen) atoms. The molecule has 4 N–H and O–H groups in total. The molecule has 6 nitrogen and oxygen atoms in total. The minimum atomic E-state index is -1.06. The quantitative estimate of drug-likeness (QED) is 0.571. The Hall–Kier alpha value is -3.11. The molecule has 4 rings (SSSR count). The van der Waals surface area contributed by atoms with E-state index in [-0.39, 0.29) is 34.7 Å². The van der Waals surface area contributed by atoms with E-state index in [2.05, 4.69) is 4.98 Å². The van der Waals surface area contributed by atoms with Crippen LogP contribution in [0.4, 0.5) is 29.1 Å². The van der Waals surface area contributed by atoms with Crippen molar-refractivity contribution in [2.24, 2.45) is 5.73 Å². The van der Waals surface area contributed by atoms with Crippen molar-refractivity contribution < 1.29 is 17.6 Å². The number of fused-ring (bicyclic) bond motifs is 1. The van der Waals surface area contributed by atoms with Crippen molar-refractivity contribution in [1.29, 1.82) is 0 Å². The summed E-state index contributed by atoms with van der Waals surface area (Å²) in [6, 6.07) is 2.62. The van der Waals surface area contributed by atoms with E-state index in [0.29, 0.717) is 31.0 Å². The Kier molecular flexibility index (Phi) is 5.83. The molecule has 3 aromatic rings. The van der Waals surface area contributed by atoms with Crippen LogP contribution in [0.5, 0.6) is 0 Å².